The average Bonchev–Trinajstić information content (AvgIpc) is 3.50. The molecule has 2 aromatic carbocycles. The van der Waals surface area contributed by atoms with Gasteiger partial charge in [0.25, 0.3) is 0 Å². The van der Waals surface area contributed by atoms with Crippen LogP contribution in [0.25, 0.3) is 10.1 Å². The number of morpholine rings is 1. The summed E-state index contributed by atoms with van der Waals surface area (Å²) in [7, 11) is 0. The summed E-state index contributed by atoms with van der Waals surface area (Å²) in [5.74, 6) is 0.668. The first kappa shape index (κ1) is 29.7. The van der Waals surface area contributed by atoms with Crippen LogP contribution in [0.2, 0.25) is 0 Å². The first-order valence-corrected chi connectivity index (χ1v) is 16.3. The second-order valence-corrected chi connectivity index (χ2v) is 13.1. The number of ether oxygens (including phenoxy) is 3. The van der Waals surface area contributed by atoms with Gasteiger partial charge in [-0.05, 0) is 54.6 Å². The van der Waals surface area contributed by atoms with E-state index in [0.29, 0.717) is 39.3 Å². The third-order valence-electron chi connectivity index (χ3n) is 8.79. The molecular weight excluding hydrogens is 564 g/mol. The number of piperazine rings is 1. The molecule has 43 heavy (non-hydrogen) atoms. The number of hydrogen-bond donors (Lipinski definition) is 0. The lowest BCUT2D eigenvalue weighted by atomic mass is 9.77. The van der Waals surface area contributed by atoms with Gasteiger partial charge < -0.3 is 24.0 Å². The standard InChI is InChI=1S/C33H42N4O5S/c1-33(2)23-31(38)37(24-42-32(39)36-16-19-40-20-17-36)29-22-25(8-9-27(29)33)41-18-4-3-11-34-12-14-35(15-13-34)28-6-5-7-30-26(28)10-21-43-30/h5-10,21-22H,3-4,11-20,23-24H2,1-2H3. The molecule has 230 valence electrons. The quantitative estimate of drug-likeness (QED) is 0.305. The zero-order valence-corrected chi connectivity index (χ0v) is 26.1. The van der Waals surface area contributed by atoms with E-state index >= 15 is 0 Å². The van der Waals surface area contributed by atoms with E-state index in [0.717, 1.165) is 62.6 Å². The lowest BCUT2D eigenvalue weighted by Gasteiger charge is -2.38. The van der Waals surface area contributed by atoms with E-state index in [-0.39, 0.29) is 18.1 Å². The zero-order chi connectivity index (χ0) is 29.8. The van der Waals surface area contributed by atoms with Crippen LogP contribution in [0.4, 0.5) is 16.2 Å². The van der Waals surface area contributed by atoms with Gasteiger partial charge in [0, 0.05) is 72.9 Å². The molecule has 6 rings (SSSR count). The van der Waals surface area contributed by atoms with Crippen molar-refractivity contribution in [1.29, 1.82) is 0 Å². The predicted molar refractivity (Wildman–Crippen MR) is 171 cm³/mol. The van der Waals surface area contributed by atoms with Gasteiger partial charge in [0.1, 0.15) is 5.75 Å². The van der Waals surface area contributed by atoms with E-state index in [2.05, 4.69) is 53.3 Å². The van der Waals surface area contributed by atoms with E-state index in [4.69, 9.17) is 14.2 Å². The Morgan fingerprint density at radius 1 is 0.977 bits per heavy atom. The van der Waals surface area contributed by atoms with Crippen LogP contribution in [-0.2, 0) is 19.7 Å². The first-order valence-electron chi connectivity index (χ1n) is 15.4. The second kappa shape index (κ2) is 13.1. The number of nitrogens with zero attached hydrogens (tertiary/aromatic N) is 4. The topological polar surface area (TPSA) is 74.8 Å². The first-order chi connectivity index (χ1) is 20.9. The van der Waals surface area contributed by atoms with Gasteiger partial charge in [0.2, 0.25) is 5.91 Å². The highest BCUT2D eigenvalue weighted by atomic mass is 32.1. The van der Waals surface area contributed by atoms with Crippen molar-refractivity contribution in [3.63, 3.8) is 0 Å². The summed E-state index contributed by atoms with van der Waals surface area (Å²) >= 11 is 1.81. The lowest BCUT2D eigenvalue weighted by molar-refractivity contribution is -0.121. The van der Waals surface area contributed by atoms with Gasteiger partial charge in [-0.1, -0.05) is 26.0 Å². The third kappa shape index (κ3) is 6.76. The molecule has 2 saturated heterocycles. The lowest BCUT2D eigenvalue weighted by Crippen LogP contribution is -2.46. The van der Waals surface area contributed by atoms with Crippen molar-refractivity contribution < 1.29 is 23.8 Å². The van der Waals surface area contributed by atoms with Gasteiger partial charge in [0.05, 0.1) is 25.5 Å². The number of thiophene rings is 1. The molecule has 0 atom stereocenters. The molecule has 10 heteroatoms. The van der Waals surface area contributed by atoms with Gasteiger partial charge in [0.15, 0.2) is 6.73 Å². The molecule has 0 spiro atoms. The third-order valence-corrected chi connectivity index (χ3v) is 9.68. The van der Waals surface area contributed by atoms with Crippen LogP contribution >= 0.6 is 11.3 Å². The summed E-state index contributed by atoms with van der Waals surface area (Å²) < 4.78 is 18.4. The Labute approximate surface area is 257 Å². The zero-order valence-electron chi connectivity index (χ0n) is 25.3. The van der Waals surface area contributed by atoms with Gasteiger partial charge in [-0.25, -0.2) is 4.79 Å². The molecule has 0 saturated carbocycles. The molecule has 3 aliphatic heterocycles. The minimum atomic E-state index is -0.420. The van der Waals surface area contributed by atoms with E-state index < -0.39 is 6.09 Å². The second-order valence-electron chi connectivity index (χ2n) is 12.2. The van der Waals surface area contributed by atoms with Crippen LogP contribution < -0.4 is 14.5 Å². The number of carbonyl (C=O) groups is 2. The fourth-order valence-electron chi connectivity index (χ4n) is 6.29. The summed E-state index contributed by atoms with van der Waals surface area (Å²) in [6, 6.07) is 14.8. The minimum Gasteiger partial charge on any atom is -0.494 e. The molecule has 2 fully saturated rings. The number of benzene rings is 2. The van der Waals surface area contributed by atoms with Gasteiger partial charge in [-0.15, -0.1) is 11.3 Å². The van der Waals surface area contributed by atoms with E-state index in [1.54, 1.807) is 21.1 Å². The molecule has 0 N–H and O–H groups in total. The molecule has 0 aliphatic carbocycles. The highest BCUT2D eigenvalue weighted by molar-refractivity contribution is 7.17. The fourth-order valence-corrected chi connectivity index (χ4v) is 7.10. The van der Waals surface area contributed by atoms with Crippen molar-refractivity contribution in [3.05, 3.63) is 53.4 Å². The highest BCUT2D eigenvalue weighted by Gasteiger charge is 2.37. The molecule has 4 heterocycles. The summed E-state index contributed by atoms with van der Waals surface area (Å²) in [6.07, 6.45) is 1.96. The Bertz CT molecular complexity index is 1430. The van der Waals surface area contributed by atoms with Crippen molar-refractivity contribution in [2.24, 2.45) is 0 Å². The number of amides is 2. The predicted octanol–water partition coefficient (Wildman–Crippen LogP) is 5.32. The molecule has 0 bridgehead atoms. The van der Waals surface area contributed by atoms with Crippen LogP contribution in [0.3, 0.4) is 0 Å². The smallest absolute Gasteiger partial charge is 0.411 e. The fraction of sp³-hybridized carbons (Fsp3) is 0.515. The van der Waals surface area contributed by atoms with Crippen LogP contribution in [0.5, 0.6) is 5.75 Å². The molecule has 1 aromatic heterocycles. The Kier molecular flexibility index (Phi) is 9.06. The number of unbranched alkanes of at least 4 members (excludes halogenated alkanes) is 1. The van der Waals surface area contributed by atoms with E-state index in [9.17, 15) is 9.59 Å². The molecular formula is C33H42N4O5S. The maximum atomic E-state index is 13.1. The van der Waals surface area contributed by atoms with Crippen molar-refractivity contribution in [2.45, 2.75) is 38.5 Å². The normalized spacial score (nSPS) is 19.0. The molecule has 3 aliphatic rings. The molecule has 2 amide bonds. The molecule has 0 unspecified atom stereocenters. The monoisotopic (exact) mass is 606 g/mol. The van der Waals surface area contributed by atoms with Crippen molar-refractivity contribution in [3.8, 4) is 5.75 Å². The Morgan fingerprint density at radius 3 is 2.60 bits per heavy atom. The summed E-state index contributed by atoms with van der Waals surface area (Å²) in [5.41, 5.74) is 2.85. The maximum absolute atomic E-state index is 13.1. The van der Waals surface area contributed by atoms with Gasteiger partial charge in [-0.3, -0.25) is 14.6 Å². The number of anilines is 2. The van der Waals surface area contributed by atoms with Crippen LogP contribution in [-0.4, -0.2) is 94.2 Å². The number of rotatable bonds is 9. The number of carbonyl (C=O) groups excluding carboxylic acids is 2. The van der Waals surface area contributed by atoms with Gasteiger partial charge in [-0.2, -0.15) is 0 Å². The van der Waals surface area contributed by atoms with Crippen LogP contribution in [0.1, 0.15) is 38.7 Å². The van der Waals surface area contributed by atoms with Crippen molar-refractivity contribution in [2.75, 3.05) is 82.2 Å². The van der Waals surface area contributed by atoms with E-state index in [1.807, 2.05) is 18.2 Å². The van der Waals surface area contributed by atoms with Crippen molar-refractivity contribution in [1.82, 2.24) is 9.80 Å². The van der Waals surface area contributed by atoms with E-state index in [1.165, 1.54) is 15.8 Å². The Morgan fingerprint density at radius 2 is 1.79 bits per heavy atom. The Balaban J connectivity index is 0.980. The van der Waals surface area contributed by atoms with Crippen LogP contribution in [0, 0.1) is 0 Å². The summed E-state index contributed by atoms with van der Waals surface area (Å²) in [6.45, 7) is 11.9. The molecule has 0 radical (unpaired) electrons. The average molecular weight is 607 g/mol. The minimum absolute atomic E-state index is 0.0588. The van der Waals surface area contributed by atoms with Gasteiger partial charge >= 0.3 is 6.09 Å². The number of hydrogen-bond acceptors (Lipinski definition) is 8. The summed E-state index contributed by atoms with van der Waals surface area (Å²) in [5, 5.41) is 3.54. The SMILES string of the molecule is CC1(C)CC(=O)N(COC(=O)N2CCOCC2)c2cc(OCCCCN3CCN(c4cccc5sccc45)CC3)ccc21. The summed E-state index contributed by atoms with van der Waals surface area (Å²) in [4.78, 5) is 33.9. The molecule has 9 nitrogen and oxygen atoms in total. The largest absolute Gasteiger partial charge is 0.494 e. The molecule has 3 aromatic rings. The Hall–Kier alpha value is -3.34. The highest BCUT2D eigenvalue weighted by Crippen LogP contribution is 2.42. The maximum Gasteiger partial charge on any atom is 0.411 e. The number of fused-ring (bicyclic) bond motifs is 2. The van der Waals surface area contributed by atoms with Crippen molar-refractivity contribution >= 4 is 44.8 Å². The van der Waals surface area contributed by atoms with Crippen LogP contribution in [0.15, 0.2) is 47.8 Å².